The van der Waals surface area contributed by atoms with Crippen LogP contribution in [-0.4, -0.2) is 37.3 Å². The van der Waals surface area contributed by atoms with Crippen LogP contribution < -0.4 is 0 Å². The minimum absolute atomic E-state index is 0.0704. The van der Waals surface area contributed by atoms with E-state index in [0.717, 1.165) is 24.8 Å². The maximum absolute atomic E-state index is 11.4. The summed E-state index contributed by atoms with van der Waals surface area (Å²) >= 11 is 0. The lowest BCUT2D eigenvalue weighted by atomic mass is 9.92. The summed E-state index contributed by atoms with van der Waals surface area (Å²) in [5.41, 5.74) is 1.14. The summed E-state index contributed by atoms with van der Waals surface area (Å²) in [5, 5.41) is 27.3. The molecule has 6 heteroatoms. The molecule has 0 bridgehead atoms. The van der Waals surface area contributed by atoms with Gasteiger partial charge < -0.3 is 10.2 Å². The summed E-state index contributed by atoms with van der Waals surface area (Å²) in [4.78, 5) is 11.4. The first kappa shape index (κ1) is 13.8. The third-order valence-corrected chi connectivity index (χ3v) is 3.95. The van der Waals surface area contributed by atoms with Crippen molar-refractivity contribution in [1.82, 2.24) is 15.0 Å². The van der Waals surface area contributed by atoms with Crippen molar-refractivity contribution in [2.45, 2.75) is 37.8 Å². The summed E-state index contributed by atoms with van der Waals surface area (Å²) in [6, 6.07) is 9.00. The maximum atomic E-state index is 11.4. The Morgan fingerprint density at radius 1 is 1.19 bits per heavy atom. The van der Waals surface area contributed by atoms with E-state index >= 15 is 0 Å². The van der Waals surface area contributed by atoms with Crippen molar-refractivity contribution in [2.75, 3.05) is 0 Å². The van der Waals surface area contributed by atoms with Crippen molar-refractivity contribution in [1.29, 1.82) is 0 Å². The first-order valence-electron chi connectivity index (χ1n) is 7.10. The summed E-state index contributed by atoms with van der Waals surface area (Å²) in [6.07, 6.45) is 2.96. The number of carbonyl (C=O) groups is 1. The molecule has 0 aliphatic heterocycles. The van der Waals surface area contributed by atoms with Crippen LogP contribution in [0.5, 0.6) is 0 Å². The molecule has 1 heterocycles. The Bertz CT molecular complexity index is 639. The number of hydrogen-bond acceptors (Lipinski definition) is 4. The van der Waals surface area contributed by atoms with Gasteiger partial charge in [-0.1, -0.05) is 48.4 Å². The average molecular weight is 287 g/mol. The lowest BCUT2D eigenvalue weighted by Gasteiger charge is -2.28. The Balaban J connectivity index is 2.11. The number of aliphatic hydroxyl groups excluding tert-OH is 1. The minimum atomic E-state index is -1.11. The molecule has 2 atom stereocenters. The molecule has 1 saturated carbocycles. The minimum Gasteiger partial charge on any atom is -0.476 e. The van der Waals surface area contributed by atoms with Crippen LogP contribution >= 0.6 is 0 Å². The fourth-order valence-electron chi connectivity index (χ4n) is 2.91. The highest BCUT2D eigenvalue weighted by atomic mass is 16.4. The molecule has 0 spiro atoms. The second kappa shape index (κ2) is 5.65. The quantitative estimate of drug-likeness (QED) is 0.902. The molecule has 2 aromatic rings. The zero-order valence-electron chi connectivity index (χ0n) is 11.5. The third-order valence-electron chi connectivity index (χ3n) is 3.95. The number of carboxylic acids is 1. The van der Waals surface area contributed by atoms with Crippen molar-refractivity contribution >= 4 is 5.97 Å². The molecule has 1 aliphatic rings. The van der Waals surface area contributed by atoms with Gasteiger partial charge in [0, 0.05) is 5.56 Å². The summed E-state index contributed by atoms with van der Waals surface area (Å²) in [6.45, 7) is 0. The number of rotatable bonds is 3. The molecule has 2 unspecified atom stereocenters. The van der Waals surface area contributed by atoms with E-state index in [0.29, 0.717) is 12.1 Å². The number of aliphatic hydroxyl groups is 1. The molecule has 21 heavy (non-hydrogen) atoms. The predicted molar refractivity (Wildman–Crippen MR) is 75.9 cm³/mol. The van der Waals surface area contributed by atoms with Gasteiger partial charge in [0.1, 0.15) is 5.69 Å². The Hall–Kier alpha value is -2.21. The van der Waals surface area contributed by atoms with Crippen LogP contribution in [0.25, 0.3) is 11.3 Å². The number of aromatic carboxylic acids is 1. The average Bonchev–Trinajstić information content (AvgIpc) is 2.93. The molecular weight excluding hydrogens is 270 g/mol. The van der Waals surface area contributed by atoms with Gasteiger partial charge in [-0.05, 0) is 12.8 Å². The lowest BCUT2D eigenvalue weighted by Crippen LogP contribution is -2.29. The summed E-state index contributed by atoms with van der Waals surface area (Å²) in [5.74, 6) is -1.11. The van der Waals surface area contributed by atoms with Crippen LogP contribution in [0.1, 0.15) is 42.2 Å². The maximum Gasteiger partial charge on any atom is 0.358 e. The molecule has 3 rings (SSSR count). The van der Waals surface area contributed by atoms with Crippen LogP contribution in [0.3, 0.4) is 0 Å². The van der Waals surface area contributed by atoms with Gasteiger partial charge in [0.25, 0.3) is 0 Å². The molecule has 2 N–H and O–H groups in total. The predicted octanol–water partition coefficient (Wildman–Crippen LogP) is 2.12. The van der Waals surface area contributed by atoms with Crippen LogP contribution in [0, 0.1) is 0 Å². The molecule has 1 aliphatic carbocycles. The highest BCUT2D eigenvalue weighted by Crippen LogP contribution is 2.33. The van der Waals surface area contributed by atoms with Crippen molar-refractivity contribution in [3.63, 3.8) is 0 Å². The molecule has 1 fully saturated rings. The Morgan fingerprint density at radius 2 is 1.90 bits per heavy atom. The molecule has 0 saturated heterocycles. The van der Waals surface area contributed by atoms with Gasteiger partial charge in [-0.2, -0.15) is 0 Å². The van der Waals surface area contributed by atoms with Crippen molar-refractivity contribution in [2.24, 2.45) is 0 Å². The number of carboxylic acid groups (broad SMARTS) is 1. The van der Waals surface area contributed by atoms with Gasteiger partial charge in [-0.15, -0.1) is 5.10 Å². The van der Waals surface area contributed by atoms with Gasteiger partial charge in [0.2, 0.25) is 0 Å². The molecule has 1 aromatic carbocycles. The number of hydrogen-bond donors (Lipinski definition) is 2. The van der Waals surface area contributed by atoms with Gasteiger partial charge in [0.15, 0.2) is 5.69 Å². The van der Waals surface area contributed by atoms with Crippen molar-refractivity contribution in [3.8, 4) is 11.3 Å². The zero-order chi connectivity index (χ0) is 14.8. The Kier molecular flexibility index (Phi) is 3.70. The SMILES string of the molecule is O=C(O)c1nnn(C2CCCCC2O)c1-c1ccccc1. The Labute approximate surface area is 122 Å². The molecule has 0 radical (unpaired) electrons. The van der Waals surface area contributed by atoms with Gasteiger partial charge >= 0.3 is 5.97 Å². The summed E-state index contributed by atoms with van der Waals surface area (Å²) in [7, 11) is 0. The van der Waals surface area contributed by atoms with Crippen LogP contribution in [-0.2, 0) is 0 Å². The fraction of sp³-hybridized carbons (Fsp3) is 0.400. The number of aromatic nitrogens is 3. The molecule has 110 valence electrons. The Morgan fingerprint density at radius 3 is 2.57 bits per heavy atom. The van der Waals surface area contributed by atoms with E-state index in [-0.39, 0.29) is 11.7 Å². The van der Waals surface area contributed by atoms with E-state index in [1.54, 1.807) is 4.68 Å². The smallest absolute Gasteiger partial charge is 0.358 e. The highest BCUT2D eigenvalue weighted by Gasteiger charge is 2.30. The molecule has 6 nitrogen and oxygen atoms in total. The van der Waals surface area contributed by atoms with Crippen LogP contribution in [0.2, 0.25) is 0 Å². The van der Waals surface area contributed by atoms with Crippen molar-refractivity contribution in [3.05, 3.63) is 36.0 Å². The second-order valence-corrected chi connectivity index (χ2v) is 5.32. The van der Waals surface area contributed by atoms with E-state index in [1.807, 2.05) is 30.3 Å². The van der Waals surface area contributed by atoms with E-state index in [2.05, 4.69) is 10.3 Å². The monoisotopic (exact) mass is 287 g/mol. The van der Waals surface area contributed by atoms with Crippen LogP contribution in [0.4, 0.5) is 0 Å². The van der Waals surface area contributed by atoms with Gasteiger partial charge in [-0.3, -0.25) is 0 Å². The largest absolute Gasteiger partial charge is 0.476 e. The van der Waals surface area contributed by atoms with E-state index < -0.39 is 12.1 Å². The standard InChI is InChI=1S/C15H17N3O3/c19-12-9-5-4-8-11(12)18-14(10-6-2-1-3-7-10)13(15(20)21)16-17-18/h1-3,6-7,11-12,19H,4-5,8-9H2,(H,20,21). The van der Waals surface area contributed by atoms with Crippen molar-refractivity contribution < 1.29 is 15.0 Å². The van der Waals surface area contributed by atoms with Crippen LogP contribution in [0.15, 0.2) is 30.3 Å². The van der Waals surface area contributed by atoms with Gasteiger partial charge in [-0.25, -0.2) is 9.48 Å². The third kappa shape index (κ3) is 2.54. The number of benzene rings is 1. The molecular formula is C15H17N3O3. The summed E-state index contributed by atoms with van der Waals surface area (Å²) < 4.78 is 1.59. The first-order valence-corrected chi connectivity index (χ1v) is 7.10. The first-order chi connectivity index (χ1) is 10.2. The molecule has 0 amide bonds. The highest BCUT2D eigenvalue weighted by molar-refractivity contribution is 5.92. The molecule has 1 aromatic heterocycles. The number of nitrogens with zero attached hydrogens (tertiary/aromatic N) is 3. The van der Waals surface area contributed by atoms with Gasteiger partial charge in [0.05, 0.1) is 12.1 Å². The fourth-order valence-corrected chi connectivity index (χ4v) is 2.91. The zero-order valence-corrected chi connectivity index (χ0v) is 11.5. The van der Waals surface area contributed by atoms with E-state index in [1.165, 1.54) is 0 Å². The van der Waals surface area contributed by atoms with E-state index in [4.69, 9.17) is 0 Å². The lowest BCUT2D eigenvalue weighted by molar-refractivity contribution is 0.0680. The topological polar surface area (TPSA) is 88.2 Å². The van der Waals surface area contributed by atoms with E-state index in [9.17, 15) is 15.0 Å². The second-order valence-electron chi connectivity index (χ2n) is 5.32. The normalized spacial score (nSPS) is 22.1.